The smallest absolute Gasteiger partial charge is 0.264 e. The van der Waals surface area contributed by atoms with E-state index in [2.05, 4.69) is 5.32 Å². The Morgan fingerprint density at radius 1 is 0.974 bits per heavy atom. The van der Waals surface area contributed by atoms with E-state index < -0.39 is 40.2 Å². The topological polar surface area (TPSA) is 96.0 Å². The third kappa shape index (κ3) is 6.94. The number of carbonyl (C=O) groups excluding carboxylic acids is 2. The Labute approximate surface area is 229 Å². The van der Waals surface area contributed by atoms with Crippen molar-refractivity contribution in [3.8, 4) is 5.75 Å². The monoisotopic (exact) mass is 555 g/mol. The van der Waals surface area contributed by atoms with Crippen molar-refractivity contribution in [2.45, 2.75) is 44.7 Å². The second-order valence-electron chi connectivity index (χ2n) is 9.19. The van der Waals surface area contributed by atoms with E-state index in [1.165, 1.54) is 55.5 Å². The van der Waals surface area contributed by atoms with Crippen LogP contribution in [0.3, 0.4) is 0 Å². The summed E-state index contributed by atoms with van der Waals surface area (Å²) in [5.41, 5.74) is 2.43. The van der Waals surface area contributed by atoms with Crippen molar-refractivity contribution in [3.63, 3.8) is 0 Å². The molecule has 39 heavy (non-hydrogen) atoms. The van der Waals surface area contributed by atoms with Gasteiger partial charge in [0.1, 0.15) is 24.2 Å². The van der Waals surface area contributed by atoms with Crippen LogP contribution in [-0.4, -0.2) is 51.9 Å². The molecule has 3 aromatic rings. The molecule has 208 valence electrons. The summed E-state index contributed by atoms with van der Waals surface area (Å²) in [4.78, 5) is 28.1. The molecule has 1 atom stereocenters. The van der Waals surface area contributed by atoms with Gasteiger partial charge in [-0.1, -0.05) is 42.8 Å². The normalized spacial score (nSPS) is 11.9. The Kier molecular flexibility index (Phi) is 9.69. The van der Waals surface area contributed by atoms with Gasteiger partial charge in [-0.25, -0.2) is 12.8 Å². The lowest BCUT2D eigenvalue weighted by Crippen LogP contribution is -2.51. The zero-order chi connectivity index (χ0) is 28.7. The van der Waals surface area contributed by atoms with E-state index >= 15 is 0 Å². The fourth-order valence-electron chi connectivity index (χ4n) is 4.22. The van der Waals surface area contributed by atoms with Gasteiger partial charge in [0.25, 0.3) is 10.0 Å². The number of carbonyl (C=O) groups is 2. The van der Waals surface area contributed by atoms with Gasteiger partial charge in [-0.2, -0.15) is 0 Å². The summed E-state index contributed by atoms with van der Waals surface area (Å²) in [6.07, 6.45) is 0.283. The Morgan fingerprint density at radius 3 is 2.15 bits per heavy atom. The number of sulfonamides is 1. The minimum absolute atomic E-state index is 0.00730. The van der Waals surface area contributed by atoms with Crippen molar-refractivity contribution in [1.29, 1.82) is 0 Å². The van der Waals surface area contributed by atoms with Crippen LogP contribution in [0.2, 0.25) is 0 Å². The number of hydrogen-bond donors (Lipinski definition) is 1. The molecule has 0 spiro atoms. The number of halogens is 1. The van der Waals surface area contributed by atoms with Crippen molar-refractivity contribution >= 4 is 27.5 Å². The van der Waals surface area contributed by atoms with Gasteiger partial charge >= 0.3 is 0 Å². The summed E-state index contributed by atoms with van der Waals surface area (Å²) in [6.45, 7) is 4.80. The molecule has 0 aliphatic carbocycles. The molecular weight excluding hydrogens is 521 g/mol. The molecule has 3 aromatic carbocycles. The van der Waals surface area contributed by atoms with Crippen molar-refractivity contribution in [2.75, 3.05) is 25.0 Å². The van der Waals surface area contributed by atoms with E-state index in [9.17, 15) is 22.4 Å². The van der Waals surface area contributed by atoms with Crippen molar-refractivity contribution in [2.24, 2.45) is 0 Å². The Bertz CT molecular complexity index is 1410. The summed E-state index contributed by atoms with van der Waals surface area (Å²) in [5, 5.41) is 2.57. The van der Waals surface area contributed by atoms with E-state index in [-0.39, 0.29) is 29.3 Å². The Hall–Kier alpha value is -3.92. The quantitative estimate of drug-likeness (QED) is 0.383. The summed E-state index contributed by atoms with van der Waals surface area (Å²) in [5.74, 6) is -1.16. The lowest BCUT2D eigenvalue weighted by atomic mass is 10.1. The number of methoxy groups -OCH3 is 1. The second-order valence-corrected chi connectivity index (χ2v) is 11.0. The van der Waals surface area contributed by atoms with Crippen LogP contribution in [-0.2, 0) is 26.2 Å². The van der Waals surface area contributed by atoms with E-state index in [1.54, 1.807) is 44.2 Å². The average Bonchev–Trinajstić information content (AvgIpc) is 2.92. The molecule has 0 bridgehead atoms. The lowest BCUT2D eigenvalue weighted by Gasteiger charge is -2.33. The van der Waals surface area contributed by atoms with Crippen LogP contribution in [0.5, 0.6) is 5.75 Å². The van der Waals surface area contributed by atoms with Gasteiger partial charge in [-0.3, -0.25) is 13.9 Å². The minimum atomic E-state index is -4.23. The van der Waals surface area contributed by atoms with Crippen LogP contribution in [0.4, 0.5) is 10.1 Å². The first-order valence-electron chi connectivity index (χ1n) is 12.5. The number of likely N-dealkylation sites (N-methyl/N-ethyl adjacent to an activating group) is 1. The average molecular weight is 556 g/mol. The lowest BCUT2D eigenvalue weighted by molar-refractivity contribution is -0.140. The molecule has 0 saturated carbocycles. The van der Waals surface area contributed by atoms with E-state index in [0.717, 1.165) is 15.4 Å². The molecule has 0 radical (unpaired) electrons. The zero-order valence-electron chi connectivity index (χ0n) is 22.8. The van der Waals surface area contributed by atoms with Crippen molar-refractivity contribution < 1.29 is 27.1 Å². The van der Waals surface area contributed by atoms with Crippen molar-refractivity contribution in [1.82, 2.24) is 10.2 Å². The molecule has 0 heterocycles. The summed E-state index contributed by atoms with van der Waals surface area (Å²) < 4.78 is 48.0. The molecule has 0 fully saturated rings. The second kappa shape index (κ2) is 12.8. The van der Waals surface area contributed by atoms with Crippen molar-refractivity contribution in [3.05, 3.63) is 89.2 Å². The third-order valence-electron chi connectivity index (χ3n) is 6.39. The molecule has 1 N–H and O–H groups in total. The van der Waals surface area contributed by atoms with Gasteiger partial charge in [0.15, 0.2) is 0 Å². The largest absolute Gasteiger partial charge is 0.495 e. The number of ether oxygens (including phenoxy) is 1. The first-order valence-corrected chi connectivity index (χ1v) is 13.9. The standard InChI is InChI=1S/C29H34FN3O5S/c1-6-25(29(35)31-4)32(18-22-10-12-23(30)13-11-22)28(34)19-33(26-17-21(3)9-16-27(26)38-5)39(36,37)24-14-7-20(2)8-15-24/h7-17,25H,6,18-19H2,1-5H3,(H,31,35)/t25-/m0/s1. The SMILES string of the molecule is CC[C@@H](C(=O)NC)N(Cc1ccc(F)cc1)C(=O)CN(c1cc(C)ccc1OC)S(=O)(=O)c1ccc(C)cc1. The predicted octanol–water partition coefficient (Wildman–Crippen LogP) is 4.20. The van der Waals surface area contributed by atoms with E-state index in [4.69, 9.17) is 4.74 Å². The van der Waals surface area contributed by atoms with Gasteiger partial charge in [-0.15, -0.1) is 0 Å². The van der Waals surface area contributed by atoms with E-state index in [1.807, 2.05) is 6.92 Å². The number of rotatable bonds is 11. The highest BCUT2D eigenvalue weighted by molar-refractivity contribution is 7.92. The third-order valence-corrected chi connectivity index (χ3v) is 8.16. The molecule has 2 amide bonds. The molecule has 3 rings (SSSR count). The van der Waals surface area contributed by atoms with Crippen LogP contribution >= 0.6 is 0 Å². The summed E-state index contributed by atoms with van der Waals surface area (Å²) >= 11 is 0. The molecule has 0 saturated heterocycles. The van der Waals surface area contributed by atoms with Gasteiger partial charge in [0.2, 0.25) is 11.8 Å². The van der Waals surface area contributed by atoms with Gasteiger partial charge in [0, 0.05) is 13.6 Å². The van der Waals surface area contributed by atoms with E-state index in [0.29, 0.717) is 5.56 Å². The van der Waals surface area contributed by atoms with Crippen LogP contribution < -0.4 is 14.4 Å². The fourth-order valence-corrected chi connectivity index (χ4v) is 5.63. The maximum absolute atomic E-state index is 14.0. The fraction of sp³-hybridized carbons (Fsp3) is 0.310. The number of anilines is 1. The molecule has 0 aromatic heterocycles. The number of nitrogens with zero attached hydrogens (tertiary/aromatic N) is 2. The summed E-state index contributed by atoms with van der Waals surface area (Å²) in [6, 6.07) is 16.1. The number of benzene rings is 3. The highest BCUT2D eigenvalue weighted by atomic mass is 32.2. The Balaban J connectivity index is 2.12. The minimum Gasteiger partial charge on any atom is -0.495 e. The molecule has 0 aliphatic rings. The molecule has 10 heteroatoms. The predicted molar refractivity (Wildman–Crippen MR) is 149 cm³/mol. The van der Waals surface area contributed by atoms with Crippen LogP contribution in [0, 0.1) is 19.7 Å². The maximum atomic E-state index is 14.0. The van der Waals surface area contributed by atoms with Gasteiger partial charge in [0.05, 0.1) is 17.7 Å². The molecule has 8 nitrogen and oxygen atoms in total. The first kappa shape index (κ1) is 29.6. The number of aryl methyl sites for hydroxylation is 2. The molecule has 0 aliphatic heterocycles. The van der Waals surface area contributed by atoms with Gasteiger partial charge < -0.3 is 15.0 Å². The highest BCUT2D eigenvalue weighted by Crippen LogP contribution is 2.34. The van der Waals surface area contributed by atoms with Crippen LogP contribution in [0.15, 0.2) is 71.6 Å². The number of hydrogen-bond acceptors (Lipinski definition) is 5. The van der Waals surface area contributed by atoms with Crippen LogP contribution in [0.1, 0.15) is 30.0 Å². The zero-order valence-corrected chi connectivity index (χ0v) is 23.6. The Morgan fingerprint density at radius 2 is 1.59 bits per heavy atom. The highest BCUT2D eigenvalue weighted by Gasteiger charge is 2.34. The number of nitrogens with one attached hydrogen (secondary N) is 1. The first-order chi connectivity index (χ1) is 18.5. The maximum Gasteiger partial charge on any atom is 0.264 e. The molecule has 0 unspecified atom stereocenters. The summed E-state index contributed by atoms with van der Waals surface area (Å²) in [7, 11) is -1.34. The van der Waals surface area contributed by atoms with Gasteiger partial charge in [-0.05, 0) is 67.8 Å². The van der Waals surface area contributed by atoms with Crippen LogP contribution in [0.25, 0.3) is 0 Å². The molecular formula is C29H34FN3O5S. The number of amides is 2.